The largest absolute Gasteiger partial charge is 0.274 e. The quantitative estimate of drug-likeness (QED) is 0.363. The first kappa shape index (κ1) is 13.2. The Morgan fingerprint density at radius 3 is 2.27 bits per heavy atom. The van der Waals surface area contributed by atoms with Crippen LogP contribution < -0.4 is 4.90 Å². The number of benzene rings is 1. The number of nitrogens with zero attached hydrogens (tertiary/aromatic N) is 2. The second kappa shape index (κ2) is 4.25. The second-order valence-corrected chi connectivity index (χ2v) is 6.24. The molecule has 1 aromatic carbocycles. The lowest BCUT2D eigenvalue weighted by atomic mass is 9.85. The van der Waals surface area contributed by atoms with Gasteiger partial charge >= 0.3 is 0 Å². The Balaban J connectivity index is 1.76. The Hall–Kier alpha value is -2.50. The lowest BCUT2D eigenvalue weighted by Gasteiger charge is -2.17. The summed E-state index contributed by atoms with van der Waals surface area (Å²) in [4.78, 5) is 37.0. The van der Waals surface area contributed by atoms with Gasteiger partial charge in [-0.1, -0.05) is 18.2 Å². The van der Waals surface area contributed by atoms with Crippen molar-refractivity contribution in [1.82, 2.24) is 0 Å². The molecule has 2 aliphatic carbocycles. The van der Waals surface area contributed by atoms with Gasteiger partial charge in [-0.25, -0.2) is 4.90 Å². The second-order valence-electron chi connectivity index (χ2n) is 6.24. The summed E-state index contributed by atoms with van der Waals surface area (Å²) in [6.45, 7) is 1.63. The minimum Gasteiger partial charge on any atom is -0.274 e. The first-order chi connectivity index (χ1) is 10.5. The Kier molecular flexibility index (Phi) is 2.55. The van der Waals surface area contributed by atoms with Crippen molar-refractivity contribution in [2.24, 2.45) is 23.7 Å². The van der Waals surface area contributed by atoms with Crippen molar-refractivity contribution >= 4 is 23.2 Å². The Labute approximate surface area is 126 Å². The third-order valence-electron chi connectivity index (χ3n) is 5.12. The lowest BCUT2D eigenvalue weighted by Crippen LogP contribution is -2.32. The average Bonchev–Trinajstić information content (AvgIpc) is 3.14. The minimum atomic E-state index is -0.490. The van der Waals surface area contributed by atoms with Gasteiger partial charge in [0.25, 0.3) is 5.69 Å². The molecule has 112 valence electrons. The number of carbonyl (C=O) groups is 2. The third kappa shape index (κ3) is 1.55. The van der Waals surface area contributed by atoms with Crippen LogP contribution in [0, 0.1) is 40.7 Å². The van der Waals surface area contributed by atoms with Crippen LogP contribution >= 0.6 is 0 Å². The molecule has 6 nitrogen and oxygen atoms in total. The van der Waals surface area contributed by atoms with Gasteiger partial charge in [0.15, 0.2) is 0 Å². The molecule has 0 N–H and O–H groups in total. The zero-order valence-corrected chi connectivity index (χ0v) is 11.9. The first-order valence-electron chi connectivity index (χ1n) is 7.30. The van der Waals surface area contributed by atoms with E-state index in [1.807, 2.05) is 12.2 Å². The van der Waals surface area contributed by atoms with Crippen molar-refractivity contribution in [1.29, 1.82) is 0 Å². The van der Waals surface area contributed by atoms with Crippen molar-refractivity contribution in [2.45, 2.75) is 13.3 Å². The highest BCUT2D eigenvalue weighted by Crippen LogP contribution is 2.53. The highest BCUT2D eigenvalue weighted by atomic mass is 16.6. The fraction of sp³-hybridized carbons (Fsp3) is 0.375. The number of fused-ring (bicyclic) bond motifs is 5. The summed E-state index contributed by atoms with van der Waals surface area (Å²) < 4.78 is 0. The number of aryl methyl sites for hydroxylation is 1. The van der Waals surface area contributed by atoms with Crippen LogP contribution in [-0.4, -0.2) is 16.7 Å². The van der Waals surface area contributed by atoms with E-state index in [2.05, 4.69) is 0 Å². The molecule has 1 saturated heterocycles. The van der Waals surface area contributed by atoms with E-state index < -0.39 is 4.92 Å². The molecule has 1 saturated carbocycles. The van der Waals surface area contributed by atoms with Gasteiger partial charge in [0.1, 0.15) is 0 Å². The molecule has 6 heteroatoms. The molecule has 2 amide bonds. The summed E-state index contributed by atoms with van der Waals surface area (Å²) in [6, 6.07) is 4.50. The zero-order chi connectivity index (χ0) is 15.6. The number of carbonyl (C=O) groups excluding carboxylic acids is 2. The topological polar surface area (TPSA) is 80.5 Å². The lowest BCUT2D eigenvalue weighted by molar-refractivity contribution is -0.385. The van der Waals surface area contributed by atoms with Crippen LogP contribution in [0.1, 0.15) is 12.0 Å². The number of anilines is 1. The van der Waals surface area contributed by atoms with Crippen LogP contribution in [0.4, 0.5) is 11.4 Å². The molecule has 2 fully saturated rings. The molecule has 4 atom stereocenters. The van der Waals surface area contributed by atoms with Crippen molar-refractivity contribution < 1.29 is 14.5 Å². The molecule has 22 heavy (non-hydrogen) atoms. The van der Waals surface area contributed by atoms with Gasteiger partial charge in [-0.2, -0.15) is 0 Å². The van der Waals surface area contributed by atoms with E-state index in [-0.39, 0.29) is 41.2 Å². The van der Waals surface area contributed by atoms with Crippen molar-refractivity contribution in [2.75, 3.05) is 4.90 Å². The molecule has 1 aliphatic heterocycles. The fourth-order valence-electron chi connectivity index (χ4n) is 4.09. The normalized spacial score (nSPS) is 32.0. The SMILES string of the molecule is Cc1ccc(N2C(=O)[C@H]3[C@H](C2=O)[C@H]2C=C[C@H]3C2)cc1[N+](=O)[O-]. The number of amides is 2. The number of allylic oxidation sites excluding steroid dienone is 2. The van der Waals surface area contributed by atoms with Crippen LogP contribution in [0.2, 0.25) is 0 Å². The summed E-state index contributed by atoms with van der Waals surface area (Å²) in [6.07, 6.45) is 4.92. The molecule has 2 bridgehead atoms. The first-order valence-corrected chi connectivity index (χ1v) is 7.30. The van der Waals surface area contributed by atoms with Gasteiger partial charge in [0.05, 0.1) is 22.4 Å². The maximum Gasteiger partial charge on any atom is 0.274 e. The molecule has 0 radical (unpaired) electrons. The van der Waals surface area contributed by atoms with Gasteiger partial charge < -0.3 is 0 Å². The number of imide groups is 1. The van der Waals surface area contributed by atoms with Crippen molar-refractivity contribution in [3.05, 3.63) is 46.0 Å². The van der Waals surface area contributed by atoms with Crippen LogP contribution in [0.3, 0.4) is 0 Å². The number of nitro groups is 1. The van der Waals surface area contributed by atoms with E-state index >= 15 is 0 Å². The zero-order valence-electron chi connectivity index (χ0n) is 11.9. The van der Waals surface area contributed by atoms with Crippen molar-refractivity contribution in [3.63, 3.8) is 0 Å². The monoisotopic (exact) mass is 298 g/mol. The number of hydrogen-bond donors (Lipinski definition) is 0. The Bertz CT molecular complexity index is 725. The maximum atomic E-state index is 12.7. The maximum absolute atomic E-state index is 12.7. The molecule has 0 unspecified atom stereocenters. The molecule has 3 aliphatic rings. The minimum absolute atomic E-state index is 0.0729. The fourth-order valence-corrected chi connectivity index (χ4v) is 4.09. The van der Waals surface area contributed by atoms with Crippen LogP contribution in [0.25, 0.3) is 0 Å². The molecular weight excluding hydrogens is 284 g/mol. The summed E-state index contributed by atoms with van der Waals surface area (Å²) in [7, 11) is 0. The Morgan fingerprint density at radius 1 is 1.14 bits per heavy atom. The Morgan fingerprint density at radius 2 is 1.73 bits per heavy atom. The molecule has 4 rings (SSSR count). The summed E-state index contributed by atoms with van der Waals surface area (Å²) in [5.41, 5.74) is 0.743. The van der Waals surface area contributed by atoms with E-state index in [1.165, 1.54) is 6.07 Å². The predicted octanol–water partition coefficient (Wildman–Crippen LogP) is 2.21. The molecule has 1 aromatic rings. The highest BCUT2D eigenvalue weighted by Gasteiger charge is 2.59. The van der Waals surface area contributed by atoms with Gasteiger partial charge in [0.2, 0.25) is 11.8 Å². The summed E-state index contributed by atoms with van der Waals surface area (Å²) in [5.74, 6) is -0.741. The van der Waals surface area contributed by atoms with E-state index in [4.69, 9.17) is 0 Å². The van der Waals surface area contributed by atoms with E-state index in [1.54, 1.807) is 19.1 Å². The molecule has 0 spiro atoms. The van der Waals surface area contributed by atoms with E-state index in [9.17, 15) is 19.7 Å². The van der Waals surface area contributed by atoms with Crippen LogP contribution in [0.5, 0.6) is 0 Å². The van der Waals surface area contributed by atoms with Crippen molar-refractivity contribution in [3.8, 4) is 0 Å². The predicted molar refractivity (Wildman–Crippen MR) is 78.0 cm³/mol. The number of nitro benzene ring substituents is 1. The summed E-state index contributed by atoms with van der Waals surface area (Å²) >= 11 is 0. The smallest absolute Gasteiger partial charge is 0.274 e. The van der Waals surface area contributed by atoms with E-state index in [0.717, 1.165) is 11.3 Å². The molecule has 1 heterocycles. The highest BCUT2D eigenvalue weighted by molar-refractivity contribution is 6.22. The molecular formula is C16H14N2O4. The standard InChI is InChI=1S/C16H14N2O4/c1-8-2-5-11(7-12(8)18(21)22)17-15(19)13-9-3-4-10(6-9)14(13)16(17)20/h2-5,7,9-10,13-14H,6H2,1H3/t9-,10-,13+,14+/m0/s1. The van der Waals surface area contributed by atoms with E-state index in [0.29, 0.717) is 11.3 Å². The third-order valence-corrected chi connectivity index (χ3v) is 5.12. The van der Waals surface area contributed by atoms with Crippen LogP contribution in [-0.2, 0) is 9.59 Å². The number of hydrogen-bond acceptors (Lipinski definition) is 4. The van der Waals surface area contributed by atoms with Gasteiger partial charge in [-0.3, -0.25) is 19.7 Å². The van der Waals surface area contributed by atoms with Gasteiger partial charge in [-0.05, 0) is 31.2 Å². The van der Waals surface area contributed by atoms with Crippen LogP contribution in [0.15, 0.2) is 30.4 Å². The van der Waals surface area contributed by atoms with Gasteiger partial charge in [-0.15, -0.1) is 0 Å². The molecule has 0 aromatic heterocycles. The summed E-state index contributed by atoms with van der Waals surface area (Å²) in [5, 5.41) is 11.1. The van der Waals surface area contributed by atoms with Gasteiger partial charge in [0, 0.05) is 11.6 Å². The average molecular weight is 298 g/mol. The number of rotatable bonds is 2.